The second-order valence-corrected chi connectivity index (χ2v) is 6.69. The van der Waals surface area contributed by atoms with Crippen LogP contribution in [-0.2, 0) is 12.8 Å². The maximum absolute atomic E-state index is 5.79. The van der Waals surface area contributed by atoms with Gasteiger partial charge in [0.1, 0.15) is 11.6 Å². The van der Waals surface area contributed by atoms with Gasteiger partial charge in [-0.05, 0) is 35.4 Å². The molecule has 4 aromatic rings. The van der Waals surface area contributed by atoms with Crippen molar-refractivity contribution in [2.75, 3.05) is 11.5 Å². The summed E-state index contributed by atoms with van der Waals surface area (Å²) in [7, 11) is 0. The van der Waals surface area contributed by atoms with Crippen molar-refractivity contribution in [2.45, 2.75) is 12.8 Å². The molecular weight excluding hydrogens is 346 g/mol. The predicted octanol–water partition coefficient (Wildman–Crippen LogP) is 3.88. The van der Waals surface area contributed by atoms with Gasteiger partial charge in [-0.2, -0.15) is 0 Å². The second-order valence-electron chi connectivity index (χ2n) is 6.69. The fourth-order valence-corrected chi connectivity index (χ4v) is 2.98. The molecule has 0 fully saturated rings. The zero-order valence-electron chi connectivity index (χ0n) is 15.4. The van der Waals surface area contributed by atoms with Gasteiger partial charge >= 0.3 is 0 Å². The van der Waals surface area contributed by atoms with Crippen LogP contribution in [0.4, 0.5) is 11.4 Å². The van der Waals surface area contributed by atoms with Crippen LogP contribution in [0.2, 0.25) is 0 Å². The van der Waals surface area contributed by atoms with E-state index in [0.29, 0.717) is 18.7 Å². The molecule has 0 atom stereocenters. The highest BCUT2D eigenvalue weighted by atomic mass is 15.0. The minimum absolute atomic E-state index is 0.622. The van der Waals surface area contributed by atoms with E-state index in [1.54, 1.807) is 0 Å². The maximum atomic E-state index is 5.79. The molecule has 0 radical (unpaired) electrons. The quantitative estimate of drug-likeness (QED) is 0.522. The number of nitrogen functional groups attached to an aromatic ring is 2. The van der Waals surface area contributed by atoms with Crippen molar-refractivity contribution >= 4 is 11.4 Å². The molecule has 0 bridgehead atoms. The van der Waals surface area contributed by atoms with Crippen LogP contribution < -0.4 is 11.5 Å². The minimum Gasteiger partial charge on any atom is -0.399 e. The number of hydrogen-bond acceptors (Lipinski definition) is 5. The highest BCUT2D eigenvalue weighted by Crippen LogP contribution is 2.18. The fourth-order valence-electron chi connectivity index (χ4n) is 2.98. The van der Waals surface area contributed by atoms with Crippen molar-refractivity contribution in [3.05, 3.63) is 102 Å². The maximum Gasteiger partial charge on any atom is 0.163 e. The van der Waals surface area contributed by atoms with Crippen molar-refractivity contribution < 1.29 is 0 Å². The van der Waals surface area contributed by atoms with E-state index >= 15 is 0 Å². The van der Waals surface area contributed by atoms with Gasteiger partial charge in [0, 0.05) is 29.8 Å². The topological polar surface area (TPSA) is 90.7 Å². The SMILES string of the molecule is Nc1ccc(Cc2nc(Cc3ccc(N)cc3)nc(-c3ccccc3)n2)cc1. The summed E-state index contributed by atoms with van der Waals surface area (Å²) >= 11 is 0. The molecule has 0 unspecified atom stereocenters. The largest absolute Gasteiger partial charge is 0.399 e. The van der Waals surface area contributed by atoms with Crippen LogP contribution >= 0.6 is 0 Å². The monoisotopic (exact) mass is 367 g/mol. The molecule has 5 nitrogen and oxygen atoms in total. The Hall–Kier alpha value is -3.73. The molecule has 1 aromatic heterocycles. The standard InChI is InChI=1S/C23H21N5/c24-19-10-6-16(7-11-19)14-21-26-22(15-17-8-12-20(25)13-9-17)28-23(27-21)18-4-2-1-3-5-18/h1-13H,14-15,24-25H2. The van der Waals surface area contributed by atoms with Crippen LogP contribution in [0.15, 0.2) is 78.9 Å². The molecule has 0 aliphatic heterocycles. The molecule has 0 aliphatic carbocycles. The zero-order chi connectivity index (χ0) is 19.3. The van der Waals surface area contributed by atoms with E-state index in [0.717, 1.165) is 39.7 Å². The Labute approximate surface area is 164 Å². The lowest BCUT2D eigenvalue weighted by Crippen LogP contribution is -2.07. The van der Waals surface area contributed by atoms with Crippen molar-refractivity contribution in [3.8, 4) is 11.4 Å². The van der Waals surface area contributed by atoms with Crippen molar-refractivity contribution in [1.82, 2.24) is 15.0 Å². The summed E-state index contributed by atoms with van der Waals surface area (Å²) in [5.41, 5.74) is 16.3. The van der Waals surface area contributed by atoms with E-state index in [4.69, 9.17) is 26.4 Å². The van der Waals surface area contributed by atoms with Gasteiger partial charge in [0.2, 0.25) is 0 Å². The number of rotatable bonds is 5. The molecule has 3 aromatic carbocycles. The highest BCUT2D eigenvalue weighted by molar-refractivity contribution is 5.54. The first kappa shape index (κ1) is 17.7. The number of aromatic nitrogens is 3. The summed E-state index contributed by atoms with van der Waals surface area (Å²) in [6.07, 6.45) is 1.24. The number of nitrogens with zero attached hydrogens (tertiary/aromatic N) is 3. The van der Waals surface area contributed by atoms with E-state index in [1.807, 2.05) is 78.9 Å². The first-order valence-corrected chi connectivity index (χ1v) is 9.14. The Balaban J connectivity index is 1.70. The Bertz CT molecular complexity index is 993. The highest BCUT2D eigenvalue weighted by Gasteiger charge is 2.10. The van der Waals surface area contributed by atoms with Gasteiger partial charge in [-0.15, -0.1) is 0 Å². The van der Waals surface area contributed by atoms with Crippen LogP contribution in [0.5, 0.6) is 0 Å². The van der Waals surface area contributed by atoms with Gasteiger partial charge in [-0.1, -0.05) is 54.6 Å². The zero-order valence-corrected chi connectivity index (χ0v) is 15.4. The number of anilines is 2. The lowest BCUT2D eigenvalue weighted by Gasteiger charge is -2.08. The first-order valence-electron chi connectivity index (χ1n) is 9.14. The smallest absolute Gasteiger partial charge is 0.163 e. The second kappa shape index (κ2) is 7.88. The molecule has 0 aliphatic rings. The van der Waals surface area contributed by atoms with E-state index in [9.17, 15) is 0 Å². The van der Waals surface area contributed by atoms with Gasteiger partial charge in [-0.3, -0.25) is 0 Å². The number of benzene rings is 3. The van der Waals surface area contributed by atoms with Crippen LogP contribution in [0.3, 0.4) is 0 Å². The van der Waals surface area contributed by atoms with E-state index in [1.165, 1.54) is 0 Å². The van der Waals surface area contributed by atoms with Crippen molar-refractivity contribution in [1.29, 1.82) is 0 Å². The van der Waals surface area contributed by atoms with Crippen LogP contribution in [0.1, 0.15) is 22.8 Å². The predicted molar refractivity (Wildman–Crippen MR) is 113 cm³/mol. The third-order valence-electron chi connectivity index (χ3n) is 4.44. The van der Waals surface area contributed by atoms with Gasteiger partial charge in [-0.25, -0.2) is 15.0 Å². The molecule has 138 valence electrons. The average molecular weight is 367 g/mol. The Morgan fingerprint density at radius 3 is 1.46 bits per heavy atom. The fraction of sp³-hybridized carbons (Fsp3) is 0.0870. The molecule has 4 rings (SSSR count). The van der Waals surface area contributed by atoms with Crippen molar-refractivity contribution in [3.63, 3.8) is 0 Å². The molecule has 4 N–H and O–H groups in total. The van der Waals surface area contributed by atoms with E-state index in [2.05, 4.69) is 0 Å². The Kier molecular flexibility index (Phi) is 4.97. The lowest BCUT2D eigenvalue weighted by molar-refractivity contribution is 0.856. The van der Waals surface area contributed by atoms with Gasteiger partial charge in [0.05, 0.1) is 0 Å². The molecular formula is C23H21N5. The number of nitrogens with two attached hydrogens (primary N) is 2. The number of hydrogen-bond donors (Lipinski definition) is 2. The Morgan fingerprint density at radius 1 is 0.536 bits per heavy atom. The van der Waals surface area contributed by atoms with Gasteiger partial charge in [0.15, 0.2) is 5.82 Å². The van der Waals surface area contributed by atoms with Crippen LogP contribution in [0, 0.1) is 0 Å². The Morgan fingerprint density at radius 2 is 1.00 bits per heavy atom. The van der Waals surface area contributed by atoms with E-state index < -0.39 is 0 Å². The third kappa shape index (κ3) is 4.32. The summed E-state index contributed by atoms with van der Waals surface area (Å²) in [6.45, 7) is 0. The van der Waals surface area contributed by atoms with Crippen LogP contribution in [-0.4, -0.2) is 15.0 Å². The molecule has 0 amide bonds. The first-order chi connectivity index (χ1) is 13.7. The molecule has 0 spiro atoms. The average Bonchev–Trinajstić information content (AvgIpc) is 2.72. The molecule has 28 heavy (non-hydrogen) atoms. The molecule has 5 heteroatoms. The minimum atomic E-state index is 0.622. The lowest BCUT2D eigenvalue weighted by atomic mass is 10.1. The molecule has 0 saturated heterocycles. The summed E-state index contributed by atoms with van der Waals surface area (Å²) in [4.78, 5) is 14.1. The van der Waals surface area contributed by atoms with Gasteiger partial charge < -0.3 is 11.5 Å². The summed E-state index contributed by atoms with van der Waals surface area (Å²) in [5, 5.41) is 0. The third-order valence-corrected chi connectivity index (χ3v) is 4.44. The summed E-state index contributed by atoms with van der Waals surface area (Å²) < 4.78 is 0. The normalized spacial score (nSPS) is 10.7. The van der Waals surface area contributed by atoms with Crippen LogP contribution in [0.25, 0.3) is 11.4 Å². The van der Waals surface area contributed by atoms with E-state index in [-0.39, 0.29) is 0 Å². The molecule has 1 heterocycles. The summed E-state index contributed by atoms with van der Waals surface area (Å²) in [6, 6.07) is 25.5. The summed E-state index contributed by atoms with van der Waals surface area (Å²) in [5.74, 6) is 2.17. The van der Waals surface area contributed by atoms with Crippen molar-refractivity contribution in [2.24, 2.45) is 0 Å². The van der Waals surface area contributed by atoms with Gasteiger partial charge in [0.25, 0.3) is 0 Å². The molecule has 0 saturated carbocycles.